The molecule has 6 nitrogen and oxygen atoms in total. The first-order valence-corrected chi connectivity index (χ1v) is 9.98. The van der Waals surface area contributed by atoms with Gasteiger partial charge in [0.05, 0.1) is 6.61 Å². The number of nitrogens with zero attached hydrogens (tertiary/aromatic N) is 1. The highest BCUT2D eigenvalue weighted by Gasteiger charge is 2.33. The van der Waals surface area contributed by atoms with E-state index < -0.39 is 12.0 Å². The van der Waals surface area contributed by atoms with E-state index in [-0.39, 0.29) is 18.6 Å². The van der Waals surface area contributed by atoms with Crippen LogP contribution in [-0.4, -0.2) is 36.2 Å². The van der Waals surface area contributed by atoms with Crippen LogP contribution in [0.5, 0.6) is 0 Å². The van der Waals surface area contributed by atoms with Gasteiger partial charge >= 0.3 is 12.0 Å². The fourth-order valence-electron chi connectivity index (χ4n) is 4.03. The maximum Gasteiger partial charge on any atom is 0.329 e. The number of benzene rings is 2. The van der Waals surface area contributed by atoms with Gasteiger partial charge < -0.3 is 15.0 Å². The summed E-state index contributed by atoms with van der Waals surface area (Å²) in [6.45, 7) is 4.57. The summed E-state index contributed by atoms with van der Waals surface area (Å²) in [6.07, 6.45) is 2.71. The molecule has 29 heavy (non-hydrogen) atoms. The van der Waals surface area contributed by atoms with Gasteiger partial charge in [0.15, 0.2) is 0 Å². The van der Waals surface area contributed by atoms with Crippen LogP contribution in [0.1, 0.15) is 30.9 Å². The second-order valence-corrected chi connectivity index (χ2v) is 7.29. The van der Waals surface area contributed by atoms with Crippen LogP contribution >= 0.6 is 0 Å². The molecule has 0 radical (unpaired) electrons. The Balaban J connectivity index is 1.61. The second kappa shape index (κ2) is 7.99. The minimum atomic E-state index is -0.783. The number of rotatable bonds is 5. The zero-order valence-corrected chi connectivity index (χ0v) is 16.6. The molecule has 0 spiro atoms. The van der Waals surface area contributed by atoms with E-state index in [1.807, 2.05) is 61.7 Å². The van der Waals surface area contributed by atoms with Crippen molar-refractivity contribution in [2.45, 2.75) is 32.2 Å². The molecular formula is C23H25N3O3. The largest absolute Gasteiger partial charge is 0.464 e. The van der Waals surface area contributed by atoms with Crippen LogP contribution in [0.4, 0.5) is 10.5 Å². The molecule has 0 bridgehead atoms. The van der Waals surface area contributed by atoms with Gasteiger partial charge in [0.1, 0.15) is 6.04 Å². The molecule has 1 aliphatic rings. The highest BCUT2D eigenvalue weighted by molar-refractivity contribution is 5.97. The van der Waals surface area contributed by atoms with Crippen molar-refractivity contribution in [3.05, 3.63) is 65.9 Å². The standard InChI is InChI=1S/C23H25N3O3/c1-3-29-22(27)21(15(2)18-14-24-19-10-6-5-9-17(18)19)25-23(28)26-13-12-16-8-4-7-11-20(16)26/h4-11,14-15,21,24H,3,12-13H2,1-2H3,(H,25,28)/t15-,21+/m0/s1. The van der Waals surface area contributed by atoms with Gasteiger partial charge in [0.2, 0.25) is 0 Å². The molecule has 3 aromatic rings. The summed E-state index contributed by atoms with van der Waals surface area (Å²) in [5, 5.41) is 3.97. The average Bonchev–Trinajstić information content (AvgIpc) is 3.36. The number of nitrogens with one attached hydrogen (secondary N) is 2. The summed E-state index contributed by atoms with van der Waals surface area (Å²) >= 11 is 0. The normalized spacial score (nSPS) is 15.0. The number of hydrogen-bond acceptors (Lipinski definition) is 3. The van der Waals surface area contributed by atoms with E-state index in [1.165, 1.54) is 0 Å². The van der Waals surface area contributed by atoms with E-state index in [0.717, 1.165) is 34.1 Å². The predicted molar refractivity (Wildman–Crippen MR) is 113 cm³/mol. The van der Waals surface area contributed by atoms with Crippen LogP contribution in [0.3, 0.4) is 0 Å². The number of aromatic nitrogens is 1. The molecule has 2 heterocycles. The van der Waals surface area contributed by atoms with Gasteiger partial charge in [0, 0.05) is 35.2 Å². The number of fused-ring (bicyclic) bond motifs is 2. The van der Waals surface area contributed by atoms with Gasteiger partial charge in [0.25, 0.3) is 0 Å². The van der Waals surface area contributed by atoms with Gasteiger partial charge in [-0.25, -0.2) is 9.59 Å². The fourth-order valence-corrected chi connectivity index (χ4v) is 4.03. The Hall–Kier alpha value is -3.28. The molecule has 6 heteroatoms. The summed E-state index contributed by atoms with van der Waals surface area (Å²) < 4.78 is 5.29. The number of H-pyrrole nitrogens is 1. The van der Waals surface area contributed by atoms with E-state index in [9.17, 15) is 9.59 Å². The van der Waals surface area contributed by atoms with E-state index in [1.54, 1.807) is 11.8 Å². The molecule has 2 amide bonds. The highest BCUT2D eigenvalue weighted by Crippen LogP contribution is 2.30. The molecular weight excluding hydrogens is 366 g/mol. The third-order valence-electron chi connectivity index (χ3n) is 5.56. The second-order valence-electron chi connectivity index (χ2n) is 7.29. The van der Waals surface area contributed by atoms with Crippen LogP contribution in [-0.2, 0) is 16.0 Å². The number of ether oxygens (including phenoxy) is 1. The van der Waals surface area contributed by atoms with Crippen LogP contribution < -0.4 is 10.2 Å². The molecule has 0 aliphatic carbocycles. The number of hydrogen-bond donors (Lipinski definition) is 2. The first-order chi connectivity index (χ1) is 14.1. The molecule has 150 valence electrons. The Morgan fingerprint density at radius 2 is 1.93 bits per heavy atom. The minimum Gasteiger partial charge on any atom is -0.464 e. The molecule has 0 saturated heterocycles. The summed E-state index contributed by atoms with van der Waals surface area (Å²) in [5.41, 5.74) is 4.00. The molecule has 4 rings (SSSR count). The molecule has 2 N–H and O–H groups in total. The molecule has 0 unspecified atom stereocenters. The van der Waals surface area contributed by atoms with Crippen molar-refractivity contribution in [3.63, 3.8) is 0 Å². The SMILES string of the molecule is CCOC(=O)[C@H](NC(=O)N1CCc2ccccc21)[C@@H](C)c1c[nH]c2ccccc12. The number of carbonyl (C=O) groups excluding carboxylic acids is 2. The van der Waals surface area contributed by atoms with Gasteiger partial charge in [-0.1, -0.05) is 43.3 Å². The number of aromatic amines is 1. The molecule has 1 aromatic heterocycles. The lowest BCUT2D eigenvalue weighted by atomic mass is 9.93. The molecule has 2 atom stereocenters. The number of carbonyl (C=O) groups is 2. The van der Waals surface area contributed by atoms with Crippen molar-refractivity contribution in [3.8, 4) is 0 Å². The lowest BCUT2D eigenvalue weighted by Crippen LogP contribution is -2.50. The highest BCUT2D eigenvalue weighted by atomic mass is 16.5. The van der Waals surface area contributed by atoms with Crippen LogP contribution in [0.2, 0.25) is 0 Å². The Labute approximate surface area is 169 Å². The lowest BCUT2D eigenvalue weighted by Gasteiger charge is -2.26. The fraction of sp³-hybridized carbons (Fsp3) is 0.304. The van der Waals surface area contributed by atoms with Crippen molar-refractivity contribution in [2.24, 2.45) is 0 Å². The maximum absolute atomic E-state index is 13.1. The number of para-hydroxylation sites is 2. The monoisotopic (exact) mass is 391 g/mol. The van der Waals surface area contributed by atoms with Crippen molar-refractivity contribution in [1.29, 1.82) is 0 Å². The quantitative estimate of drug-likeness (QED) is 0.646. The van der Waals surface area contributed by atoms with E-state index in [0.29, 0.717) is 6.54 Å². The smallest absolute Gasteiger partial charge is 0.329 e. The average molecular weight is 391 g/mol. The van der Waals surface area contributed by atoms with Gasteiger partial charge in [-0.15, -0.1) is 0 Å². The molecule has 0 fully saturated rings. The summed E-state index contributed by atoms with van der Waals surface area (Å²) in [5.74, 6) is -0.682. The Kier molecular flexibility index (Phi) is 5.25. The number of esters is 1. The van der Waals surface area contributed by atoms with Crippen LogP contribution in [0, 0.1) is 0 Å². The number of urea groups is 1. The zero-order chi connectivity index (χ0) is 20.4. The Morgan fingerprint density at radius 3 is 2.76 bits per heavy atom. The number of amides is 2. The van der Waals surface area contributed by atoms with E-state index in [4.69, 9.17) is 4.74 Å². The first kappa shape index (κ1) is 19.1. The zero-order valence-electron chi connectivity index (χ0n) is 16.6. The summed E-state index contributed by atoms with van der Waals surface area (Å²) in [7, 11) is 0. The summed E-state index contributed by atoms with van der Waals surface area (Å²) in [4.78, 5) is 30.7. The molecule has 1 aliphatic heterocycles. The van der Waals surface area contributed by atoms with Crippen molar-refractivity contribution in [1.82, 2.24) is 10.3 Å². The van der Waals surface area contributed by atoms with Crippen LogP contribution in [0.25, 0.3) is 10.9 Å². The van der Waals surface area contributed by atoms with Crippen molar-refractivity contribution >= 4 is 28.6 Å². The Morgan fingerprint density at radius 1 is 1.17 bits per heavy atom. The topological polar surface area (TPSA) is 74.4 Å². The van der Waals surface area contributed by atoms with Crippen LogP contribution in [0.15, 0.2) is 54.7 Å². The van der Waals surface area contributed by atoms with Crippen molar-refractivity contribution in [2.75, 3.05) is 18.1 Å². The third kappa shape index (κ3) is 3.58. The maximum atomic E-state index is 13.1. The predicted octanol–water partition coefficient (Wildman–Crippen LogP) is 3.98. The Bertz CT molecular complexity index is 1040. The number of anilines is 1. The lowest BCUT2D eigenvalue weighted by molar-refractivity contribution is -0.145. The molecule has 0 saturated carbocycles. The van der Waals surface area contributed by atoms with Gasteiger partial charge in [-0.2, -0.15) is 0 Å². The van der Waals surface area contributed by atoms with Crippen molar-refractivity contribution < 1.29 is 14.3 Å². The van der Waals surface area contributed by atoms with E-state index >= 15 is 0 Å². The van der Waals surface area contributed by atoms with Gasteiger partial charge in [-0.05, 0) is 36.6 Å². The first-order valence-electron chi connectivity index (χ1n) is 9.98. The third-order valence-corrected chi connectivity index (χ3v) is 5.56. The summed E-state index contributed by atoms with van der Waals surface area (Å²) in [6, 6.07) is 14.7. The molecule has 2 aromatic carbocycles. The van der Waals surface area contributed by atoms with E-state index in [2.05, 4.69) is 10.3 Å². The minimum absolute atomic E-state index is 0.257. The van der Waals surface area contributed by atoms with Gasteiger partial charge in [-0.3, -0.25) is 4.90 Å².